The number of pyridine rings is 1. The highest BCUT2D eigenvalue weighted by Crippen LogP contribution is 2.06. The van der Waals surface area contributed by atoms with Crippen LogP contribution >= 0.6 is 11.6 Å². The molecule has 66 valence electrons. The second-order valence-corrected chi connectivity index (χ2v) is 2.66. The number of hydrogen-bond acceptors (Lipinski definition) is 2. The van der Waals surface area contributed by atoms with Gasteiger partial charge in [-0.3, -0.25) is 4.99 Å². The van der Waals surface area contributed by atoms with Gasteiger partial charge in [-0.05, 0) is 12.1 Å². The van der Waals surface area contributed by atoms with Crippen molar-refractivity contribution in [2.75, 3.05) is 6.54 Å². The Balaban J connectivity index is 2.90. The van der Waals surface area contributed by atoms with Crippen molar-refractivity contribution in [1.29, 1.82) is 0 Å². The van der Waals surface area contributed by atoms with Crippen LogP contribution in [0, 0.1) is 12.3 Å². The molecule has 1 heterocycles. The topological polar surface area (TPSA) is 51.3 Å². The fraction of sp³-hybridized carbons (Fsp3) is 0.111. The van der Waals surface area contributed by atoms with E-state index in [1.54, 1.807) is 18.3 Å². The molecule has 0 saturated heterocycles. The van der Waals surface area contributed by atoms with Gasteiger partial charge < -0.3 is 5.73 Å². The molecular formula is C9H8ClN3. The minimum atomic E-state index is 0.270. The van der Waals surface area contributed by atoms with Crippen LogP contribution in [-0.4, -0.2) is 17.4 Å². The first-order valence-corrected chi connectivity index (χ1v) is 3.97. The van der Waals surface area contributed by atoms with Gasteiger partial charge in [0.15, 0.2) is 0 Å². The standard InChI is InChI=1S/C9H8ClN3/c1-2-4-13-9(11)7-3-5-12-8(10)6-7/h1,3,5-6H,4H2,(H2,11,13). The van der Waals surface area contributed by atoms with Crippen molar-refractivity contribution >= 4 is 17.4 Å². The molecule has 4 heteroatoms. The summed E-state index contributed by atoms with van der Waals surface area (Å²) in [7, 11) is 0. The van der Waals surface area contributed by atoms with Crippen molar-refractivity contribution < 1.29 is 0 Å². The number of rotatable bonds is 2. The number of nitrogens with zero attached hydrogens (tertiary/aromatic N) is 2. The summed E-state index contributed by atoms with van der Waals surface area (Å²) < 4.78 is 0. The zero-order chi connectivity index (χ0) is 9.68. The Morgan fingerprint density at radius 1 is 1.77 bits per heavy atom. The summed E-state index contributed by atoms with van der Waals surface area (Å²) in [6.07, 6.45) is 6.60. The zero-order valence-corrected chi connectivity index (χ0v) is 7.62. The van der Waals surface area contributed by atoms with Crippen molar-refractivity contribution in [2.24, 2.45) is 10.7 Å². The van der Waals surface area contributed by atoms with Crippen LogP contribution in [0.3, 0.4) is 0 Å². The van der Waals surface area contributed by atoms with Crippen molar-refractivity contribution in [2.45, 2.75) is 0 Å². The van der Waals surface area contributed by atoms with Gasteiger partial charge in [-0.25, -0.2) is 4.98 Å². The fourth-order valence-electron chi connectivity index (χ4n) is 0.784. The molecule has 3 nitrogen and oxygen atoms in total. The van der Waals surface area contributed by atoms with Crippen molar-refractivity contribution in [3.8, 4) is 12.3 Å². The molecule has 2 N–H and O–H groups in total. The van der Waals surface area contributed by atoms with Gasteiger partial charge in [0, 0.05) is 11.8 Å². The molecule has 1 aromatic rings. The first-order valence-electron chi connectivity index (χ1n) is 3.59. The van der Waals surface area contributed by atoms with Crippen LogP contribution in [0.25, 0.3) is 0 Å². The van der Waals surface area contributed by atoms with E-state index in [9.17, 15) is 0 Å². The van der Waals surface area contributed by atoms with E-state index in [0.29, 0.717) is 11.0 Å². The third-order valence-corrected chi connectivity index (χ3v) is 1.57. The van der Waals surface area contributed by atoms with E-state index in [1.807, 2.05) is 0 Å². The highest BCUT2D eigenvalue weighted by atomic mass is 35.5. The van der Waals surface area contributed by atoms with E-state index in [2.05, 4.69) is 15.9 Å². The maximum absolute atomic E-state index is 5.66. The lowest BCUT2D eigenvalue weighted by Gasteiger charge is -1.98. The molecule has 0 aliphatic rings. The van der Waals surface area contributed by atoms with Crippen molar-refractivity contribution in [3.63, 3.8) is 0 Å². The van der Waals surface area contributed by atoms with Crippen LogP contribution in [0.5, 0.6) is 0 Å². The van der Waals surface area contributed by atoms with Crippen molar-refractivity contribution in [1.82, 2.24) is 4.98 Å². The SMILES string of the molecule is C#CCN=C(N)c1ccnc(Cl)c1. The molecule has 0 saturated carbocycles. The molecule has 0 fully saturated rings. The van der Waals surface area contributed by atoms with E-state index in [0.717, 1.165) is 5.56 Å². The molecule has 1 rings (SSSR count). The second kappa shape index (κ2) is 4.48. The highest BCUT2D eigenvalue weighted by Gasteiger charge is 1.98. The van der Waals surface area contributed by atoms with Crippen LogP contribution in [0.1, 0.15) is 5.56 Å². The molecule has 0 bridgehead atoms. The quantitative estimate of drug-likeness (QED) is 0.331. The summed E-state index contributed by atoms with van der Waals surface area (Å²) in [5, 5.41) is 0.386. The van der Waals surface area contributed by atoms with Crippen LogP contribution in [-0.2, 0) is 0 Å². The Bertz CT molecular complexity index is 365. The van der Waals surface area contributed by atoms with Crippen LogP contribution < -0.4 is 5.73 Å². The third-order valence-electron chi connectivity index (χ3n) is 1.36. The van der Waals surface area contributed by atoms with Gasteiger partial charge in [0.1, 0.15) is 17.5 Å². The molecule has 0 radical (unpaired) electrons. The number of hydrogen-bond donors (Lipinski definition) is 1. The summed E-state index contributed by atoms with van der Waals surface area (Å²) >= 11 is 5.66. The average Bonchev–Trinajstić information content (AvgIpc) is 2.14. The molecule has 0 spiro atoms. The lowest BCUT2D eigenvalue weighted by Crippen LogP contribution is -2.13. The van der Waals surface area contributed by atoms with E-state index in [-0.39, 0.29) is 6.54 Å². The number of nitrogens with two attached hydrogens (primary N) is 1. The van der Waals surface area contributed by atoms with E-state index < -0.39 is 0 Å². The van der Waals surface area contributed by atoms with Crippen LogP contribution in [0.15, 0.2) is 23.3 Å². The molecule has 0 amide bonds. The number of terminal acetylenes is 1. The Hall–Kier alpha value is -1.53. The minimum absolute atomic E-state index is 0.270. The zero-order valence-electron chi connectivity index (χ0n) is 6.87. The first-order chi connectivity index (χ1) is 6.24. The van der Waals surface area contributed by atoms with Gasteiger partial charge in [0.05, 0.1) is 0 Å². The molecule has 13 heavy (non-hydrogen) atoms. The fourth-order valence-corrected chi connectivity index (χ4v) is 0.958. The molecule has 1 aromatic heterocycles. The predicted molar refractivity (Wildman–Crippen MR) is 53.7 cm³/mol. The lowest BCUT2D eigenvalue weighted by atomic mass is 10.2. The molecule has 0 unspecified atom stereocenters. The van der Waals surface area contributed by atoms with Gasteiger partial charge in [-0.2, -0.15) is 0 Å². The molecule has 0 aliphatic heterocycles. The molecular weight excluding hydrogens is 186 g/mol. The summed E-state index contributed by atoms with van der Waals surface area (Å²) in [5.41, 5.74) is 6.35. The number of halogens is 1. The first kappa shape index (κ1) is 9.56. The smallest absolute Gasteiger partial charge is 0.129 e. The summed E-state index contributed by atoms with van der Waals surface area (Å²) in [4.78, 5) is 7.74. The van der Waals surface area contributed by atoms with Gasteiger partial charge in [0.2, 0.25) is 0 Å². The van der Waals surface area contributed by atoms with E-state index in [1.165, 1.54) is 0 Å². The Labute approximate surface area is 81.6 Å². The van der Waals surface area contributed by atoms with Crippen LogP contribution in [0.2, 0.25) is 5.15 Å². The van der Waals surface area contributed by atoms with Crippen molar-refractivity contribution in [3.05, 3.63) is 29.0 Å². The number of aromatic nitrogens is 1. The van der Waals surface area contributed by atoms with Gasteiger partial charge in [-0.1, -0.05) is 17.5 Å². The summed E-state index contributed by atoms with van der Waals surface area (Å²) in [5.74, 6) is 2.74. The molecule has 0 atom stereocenters. The molecule has 0 aromatic carbocycles. The summed E-state index contributed by atoms with van der Waals surface area (Å²) in [6.45, 7) is 0.270. The maximum atomic E-state index is 5.66. The highest BCUT2D eigenvalue weighted by molar-refractivity contribution is 6.29. The minimum Gasteiger partial charge on any atom is -0.383 e. The predicted octanol–water partition coefficient (Wildman–Crippen LogP) is 1.07. The van der Waals surface area contributed by atoms with E-state index >= 15 is 0 Å². The monoisotopic (exact) mass is 193 g/mol. The normalized spacial score (nSPS) is 10.9. The maximum Gasteiger partial charge on any atom is 0.129 e. The Kier molecular flexibility index (Phi) is 3.30. The Morgan fingerprint density at radius 3 is 3.15 bits per heavy atom. The van der Waals surface area contributed by atoms with Gasteiger partial charge in [-0.15, -0.1) is 6.42 Å². The lowest BCUT2D eigenvalue weighted by molar-refractivity contribution is 1.25. The second-order valence-electron chi connectivity index (χ2n) is 2.27. The third kappa shape index (κ3) is 2.77. The Morgan fingerprint density at radius 2 is 2.54 bits per heavy atom. The molecule has 0 aliphatic carbocycles. The summed E-state index contributed by atoms with van der Waals surface area (Å²) in [6, 6.07) is 3.36. The van der Waals surface area contributed by atoms with Gasteiger partial charge in [0.25, 0.3) is 0 Å². The number of aliphatic imine (C=N–C) groups is 1. The van der Waals surface area contributed by atoms with Gasteiger partial charge >= 0.3 is 0 Å². The largest absolute Gasteiger partial charge is 0.383 e. The van der Waals surface area contributed by atoms with E-state index in [4.69, 9.17) is 23.8 Å². The number of amidine groups is 1. The van der Waals surface area contributed by atoms with Crippen LogP contribution in [0.4, 0.5) is 0 Å². The average molecular weight is 194 g/mol.